The first kappa shape index (κ1) is 17.4. The standard InChI is InChI=1S/C24H37NO2/c1-23-11-6-7-16(23)15-8-9-18-19(26)20-21(27-20)22(25-13-4-3-5-14-25)24(18,2)17(15)10-12-23/h15-18,20-22H,3-14H2,1-2H3/t15?,16?,17?,18?,20?,21?,22?,23-,24+/m0/s1. The van der Waals surface area contributed by atoms with E-state index in [9.17, 15) is 4.79 Å². The number of Topliss-reactive ketones (excluding diaryl/α,β-unsaturated/α-hetero) is 1. The topological polar surface area (TPSA) is 32.8 Å². The van der Waals surface area contributed by atoms with E-state index in [4.69, 9.17) is 4.74 Å². The summed E-state index contributed by atoms with van der Waals surface area (Å²) in [5.74, 6) is 3.27. The summed E-state index contributed by atoms with van der Waals surface area (Å²) < 4.78 is 6.11. The van der Waals surface area contributed by atoms with Crippen molar-refractivity contribution in [3.05, 3.63) is 0 Å². The number of nitrogens with zero attached hydrogens (tertiary/aromatic N) is 1. The van der Waals surface area contributed by atoms with Gasteiger partial charge in [0.2, 0.25) is 0 Å². The lowest BCUT2D eigenvalue weighted by Crippen LogP contribution is -2.66. The van der Waals surface area contributed by atoms with E-state index in [2.05, 4.69) is 18.7 Å². The molecule has 3 nitrogen and oxygen atoms in total. The van der Waals surface area contributed by atoms with Gasteiger partial charge in [0.05, 0.1) is 0 Å². The van der Waals surface area contributed by atoms with Crippen LogP contribution in [-0.4, -0.2) is 42.0 Å². The Kier molecular flexibility index (Phi) is 3.76. The summed E-state index contributed by atoms with van der Waals surface area (Å²) in [6.45, 7) is 7.59. The Morgan fingerprint density at radius 2 is 1.74 bits per heavy atom. The van der Waals surface area contributed by atoms with Crippen LogP contribution in [0.15, 0.2) is 0 Å². The molecule has 27 heavy (non-hydrogen) atoms. The minimum atomic E-state index is -0.0492. The molecule has 7 unspecified atom stereocenters. The van der Waals surface area contributed by atoms with Crippen LogP contribution in [0.25, 0.3) is 0 Å². The lowest BCUT2D eigenvalue weighted by Gasteiger charge is -2.62. The van der Waals surface area contributed by atoms with Gasteiger partial charge in [0, 0.05) is 12.0 Å². The molecule has 0 aromatic carbocycles. The highest BCUT2D eigenvalue weighted by molar-refractivity contribution is 5.90. The maximum atomic E-state index is 13.3. The van der Waals surface area contributed by atoms with Crippen molar-refractivity contribution >= 4 is 5.78 Å². The monoisotopic (exact) mass is 371 g/mol. The summed E-state index contributed by atoms with van der Waals surface area (Å²) in [6, 6.07) is 0.504. The fourth-order valence-corrected chi connectivity index (χ4v) is 9.20. The van der Waals surface area contributed by atoms with Crippen molar-refractivity contribution < 1.29 is 9.53 Å². The van der Waals surface area contributed by atoms with Crippen LogP contribution in [-0.2, 0) is 9.53 Å². The van der Waals surface area contributed by atoms with E-state index in [1.165, 1.54) is 70.9 Å². The molecular weight excluding hydrogens is 334 g/mol. The zero-order chi connectivity index (χ0) is 18.4. The van der Waals surface area contributed by atoms with Gasteiger partial charge in [-0.15, -0.1) is 0 Å². The normalized spacial score (nSPS) is 57.4. The van der Waals surface area contributed by atoms with Crippen LogP contribution in [0.4, 0.5) is 0 Å². The first-order valence-corrected chi connectivity index (χ1v) is 12.0. The molecule has 0 radical (unpaired) electrons. The molecule has 2 saturated heterocycles. The lowest BCUT2D eigenvalue weighted by atomic mass is 9.44. The molecule has 0 bridgehead atoms. The van der Waals surface area contributed by atoms with Crippen LogP contribution in [0.5, 0.6) is 0 Å². The first-order valence-electron chi connectivity index (χ1n) is 12.0. The quantitative estimate of drug-likeness (QED) is 0.639. The van der Waals surface area contributed by atoms with Crippen molar-refractivity contribution in [2.45, 2.75) is 96.3 Å². The molecule has 0 aromatic heterocycles. The smallest absolute Gasteiger partial charge is 0.168 e. The fourth-order valence-electron chi connectivity index (χ4n) is 9.20. The summed E-state index contributed by atoms with van der Waals surface area (Å²) in [5, 5.41) is 0. The lowest BCUT2D eigenvalue weighted by molar-refractivity contribution is -0.158. The van der Waals surface area contributed by atoms with Crippen molar-refractivity contribution in [1.82, 2.24) is 4.90 Å². The van der Waals surface area contributed by atoms with Gasteiger partial charge >= 0.3 is 0 Å². The van der Waals surface area contributed by atoms with Crippen molar-refractivity contribution in [3.8, 4) is 0 Å². The maximum Gasteiger partial charge on any atom is 0.168 e. The van der Waals surface area contributed by atoms with E-state index in [0.717, 1.165) is 24.2 Å². The number of ether oxygens (including phenoxy) is 1. The average Bonchev–Trinajstić information content (AvgIpc) is 3.34. The van der Waals surface area contributed by atoms with E-state index in [1.807, 2.05) is 0 Å². The number of likely N-dealkylation sites (tertiary alicyclic amines) is 1. The number of ketones is 1. The number of hydrogen-bond acceptors (Lipinski definition) is 3. The third-order valence-electron chi connectivity index (χ3n) is 10.4. The molecule has 6 rings (SSSR count). The Bertz CT molecular complexity index is 642. The summed E-state index contributed by atoms with van der Waals surface area (Å²) in [5.41, 5.74) is 0.751. The molecule has 9 atom stereocenters. The maximum absolute atomic E-state index is 13.3. The highest BCUT2D eigenvalue weighted by Gasteiger charge is 2.71. The van der Waals surface area contributed by atoms with Crippen LogP contribution in [0.1, 0.15) is 78.1 Å². The molecule has 0 N–H and O–H groups in total. The van der Waals surface area contributed by atoms with Crippen LogP contribution >= 0.6 is 0 Å². The third-order valence-corrected chi connectivity index (χ3v) is 10.4. The van der Waals surface area contributed by atoms with E-state index in [0.29, 0.717) is 17.2 Å². The molecule has 2 aliphatic heterocycles. The summed E-state index contributed by atoms with van der Waals surface area (Å²) >= 11 is 0. The second-order valence-electron chi connectivity index (χ2n) is 11.4. The number of fused-ring (bicyclic) bond motifs is 6. The Labute approximate surface area is 164 Å². The highest BCUT2D eigenvalue weighted by atomic mass is 16.6. The van der Waals surface area contributed by atoms with Gasteiger partial charge in [-0.25, -0.2) is 0 Å². The van der Waals surface area contributed by atoms with Crippen LogP contribution < -0.4 is 0 Å². The zero-order valence-corrected chi connectivity index (χ0v) is 17.3. The SMILES string of the molecule is C[C@@]12CCCC1C1CCC3C(=O)C4OC4C(N4CCCCC4)[C@]3(C)C1CC2. The fraction of sp³-hybridized carbons (Fsp3) is 0.958. The molecule has 0 aromatic rings. The minimum absolute atomic E-state index is 0.0492. The van der Waals surface area contributed by atoms with Crippen molar-refractivity contribution in [2.75, 3.05) is 13.1 Å². The number of epoxide rings is 1. The van der Waals surface area contributed by atoms with E-state index in [-0.39, 0.29) is 23.5 Å². The molecular formula is C24H37NO2. The Morgan fingerprint density at radius 3 is 2.56 bits per heavy atom. The van der Waals surface area contributed by atoms with Gasteiger partial charge in [-0.2, -0.15) is 0 Å². The zero-order valence-electron chi connectivity index (χ0n) is 17.3. The number of carbonyl (C=O) groups is 1. The molecule has 4 aliphatic carbocycles. The summed E-state index contributed by atoms with van der Waals surface area (Å²) in [4.78, 5) is 16.0. The van der Waals surface area contributed by atoms with Gasteiger partial charge in [0.15, 0.2) is 5.78 Å². The molecule has 6 fully saturated rings. The Morgan fingerprint density at radius 1 is 0.926 bits per heavy atom. The predicted molar refractivity (Wildman–Crippen MR) is 105 cm³/mol. The largest absolute Gasteiger partial charge is 0.360 e. The third kappa shape index (κ3) is 2.25. The van der Waals surface area contributed by atoms with Gasteiger partial charge in [0.25, 0.3) is 0 Å². The number of hydrogen-bond donors (Lipinski definition) is 0. The molecule has 3 heteroatoms. The highest BCUT2D eigenvalue weighted by Crippen LogP contribution is 2.67. The average molecular weight is 372 g/mol. The van der Waals surface area contributed by atoms with E-state index in [1.54, 1.807) is 0 Å². The van der Waals surface area contributed by atoms with Crippen molar-refractivity contribution in [1.29, 1.82) is 0 Å². The van der Waals surface area contributed by atoms with Crippen molar-refractivity contribution in [3.63, 3.8) is 0 Å². The van der Waals surface area contributed by atoms with E-state index >= 15 is 0 Å². The molecule has 4 saturated carbocycles. The van der Waals surface area contributed by atoms with Crippen LogP contribution in [0.3, 0.4) is 0 Å². The van der Waals surface area contributed by atoms with Gasteiger partial charge in [-0.05, 0) is 93.0 Å². The Hall–Kier alpha value is -0.410. The van der Waals surface area contributed by atoms with Crippen LogP contribution in [0.2, 0.25) is 0 Å². The molecule has 2 heterocycles. The number of rotatable bonds is 1. The minimum Gasteiger partial charge on any atom is -0.360 e. The van der Waals surface area contributed by atoms with Gasteiger partial charge < -0.3 is 4.74 Å². The van der Waals surface area contributed by atoms with Gasteiger partial charge in [-0.3, -0.25) is 9.69 Å². The van der Waals surface area contributed by atoms with E-state index < -0.39 is 0 Å². The summed E-state index contributed by atoms with van der Waals surface area (Å²) in [6.07, 6.45) is 13.7. The number of piperidine rings is 1. The summed E-state index contributed by atoms with van der Waals surface area (Å²) in [7, 11) is 0. The van der Waals surface area contributed by atoms with Crippen molar-refractivity contribution in [2.24, 2.45) is 34.5 Å². The molecule has 150 valence electrons. The van der Waals surface area contributed by atoms with Crippen LogP contribution in [0, 0.1) is 34.5 Å². The Balaban J connectivity index is 1.40. The predicted octanol–water partition coefficient (Wildman–Crippen LogP) is 4.44. The number of carbonyl (C=O) groups excluding carboxylic acids is 1. The second kappa shape index (κ2) is 5.81. The molecule has 0 spiro atoms. The first-order chi connectivity index (χ1) is 13.0. The molecule has 6 aliphatic rings. The van der Waals surface area contributed by atoms with Gasteiger partial charge in [-0.1, -0.05) is 26.7 Å². The molecule has 0 amide bonds. The second-order valence-corrected chi connectivity index (χ2v) is 11.4. The van der Waals surface area contributed by atoms with Gasteiger partial charge in [0.1, 0.15) is 12.2 Å².